The Morgan fingerprint density at radius 1 is 1.47 bits per heavy atom. The van der Waals surface area contributed by atoms with Gasteiger partial charge in [-0.1, -0.05) is 0 Å². The van der Waals surface area contributed by atoms with Crippen molar-refractivity contribution >= 4 is 11.8 Å². The van der Waals surface area contributed by atoms with Crippen LogP contribution in [-0.4, -0.2) is 36.1 Å². The number of methoxy groups -OCH3 is 1. The number of esters is 1. The highest BCUT2D eigenvalue weighted by Crippen LogP contribution is 2.09. The van der Waals surface area contributed by atoms with E-state index in [1.807, 2.05) is 18.7 Å². The zero-order chi connectivity index (χ0) is 11.3. The normalized spacial score (nSPS) is 9.80. The molecule has 0 saturated carbocycles. The number of carbonyl (C=O) groups excluding carboxylic acids is 1. The maximum absolute atomic E-state index is 11.2. The molecule has 5 nitrogen and oxygen atoms in total. The average Bonchev–Trinajstić information content (AvgIpc) is 2.30. The van der Waals surface area contributed by atoms with Crippen molar-refractivity contribution in [3.8, 4) is 0 Å². The predicted molar refractivity (Wildman–Crippen MR) is 56.9 cm³/mol. The van der Waals surface area contributed by atoms with E-state index in [4.69, 9.17) is 0 Å². The van der Waals surface area contributed by atoms with Crippen molar-refractivity contribution in [1.29, 1.82) is 0 Å². The fourth-order valence-corrected chi connectivity index (χ4v) is 1.26. The Bertz CT molecular complexity index is 337. The lowest BCUT2D eigenvalue weighted by molar-refractivity contribution is 0.0587. The molecule has 0 aromatic carbocycles. The number of nitrogens with zero attached hydrogens (tertiary/aromatic N) is 3. The summed E-state index contributed by atoms with van der Waals surface area (Å²) in [5, 5.41) is 0. The topological polar surface area (TPSA) is 55.3 Å². The van der Waals surface area contributed by atoms with Gasteiger partial charge < -0.3 is 9.64 Å². The zero-order valence-corrected chi connectivity index (χ0v) is 9.23. The van der Waals surface area contributed by atoms with Crippen LogP contribution >= 0.6 is 0 Å². The molecule has 0 atom stereocenters. The molecule has 1 heterocycles. The van der Waals surface area contributed by atoms with Crippen LogP contribution in [0.2, 0.25) is 0 Å². The van der Waals surface area contributed by atoms with Gasteiger partial charge in [0.25, 0.3) is 0 Å². The summed E-state index contributed by atoms with van der Waals surface area (Å²) in [4.78, 5) is 21.2. The Morgan fingerprint density at radius 3 is 2.67 bits per heavy atom. The second-order valence-corrected chi connectivity index (χ2v) is 2.90. The molecule has 0 spiro atoms. The molecule has 0 bridgehead atoms. The molecule has 1 aromatic rings. The van der Waals surface area contributed by atoms with Crippen molar-refractivity contribution in [3.63, 3.8) is 0 Å². The summed E-state index contributed by atoms with van der Waals surface area (Å²) in [5.41, 5.74) is 0. The molecule has 15 heavy (non-hydrogen) atoms. The van der Waals surface area contributed by atoms with Crippen LogP contribution in [0, 0.1) is 0 Å². The molecule has 82 valence electrons. The standard InChI is InChI=1S/C10H15N3O2/c1-4-13(5-2)8-6-7-11-9(12-8)10(14)15-3/h6-7H,4-5H2,1-3H3. The van der Waals surface area contributed by atoms with Crippen molar-refractivity contribution in [1.82, 2.24) is 9.97 Å². The number of ether oxygens (including phenoxy) is 1. The monoisotopic (exact) mass is 209 g/mol. The lowest BCUT2D eigenvalue weighted by Crippen LogP contribution is -2.24. The van der Waals surface area contributed by atoms with Crippen LogP contribution in [0.15, 0.2) is 12.3 Å². The van der Waals surface area contributed by atoms with Gasteiger partial charge in [0.05, 0.1) is 7.11 Å². The van der Waals surface area contributed by atoms with E-state index in [9.17, 15) is 4.79 Å². The highest BCUT2D eigenvalue weighted by molar-refractivity contribution is 5.85. The Labute approximate surface area is 89.1 Å². The summed E-state index contributed by atoms with van der Waals surface area (Å²) in [6.07, 6.45) is 1.56. The van der Waals surface area contributed by atoms with Crippen LogP contribution in [0.5, 0.6) is 0 Å². The summed E-state index contributed by atoms with van der Waals surface area (Å²) in [6.45, 7) is 5.75. The third-order valence-corrected chi connectivity index (χ3v) is 2.10. The SMILES string of the molecule is CCN(CC)c1ccnc(C(=O)OC)n1. The summed E-state index contributed by atoms with van der Waals surface area (Å²) in [7, 11) is 1.32. The van der Waals surface area contributed by atoms with Gasteiger partial charge in [0.1, 0.15) is 5.82 Å². The molecule has 5 heteroatoms. The largest absolute Gasteiger partial charge is 0.463 e. The second-order valence-electron chi connectivity index (χ2n) is 2.90. The quantitative estimate of drug-likeness (QED) is 0.695. The van der Waals surface area contributed by atoms with Crippen LogP contribution in [0.25, 0.3) is 0 Å². The van der Waals surface area contributed by atoms with Crippen molar-refractivity contribution in [2.45, 2.75) is 13.8 Å². The summed E-state index contributed by atoms with van der Waals surface area (Å²) < 4.78 is 4.56. The van der Waals surface area contributed by atoms with E-state index in [2.05, 4.69) is 14.7 Å². The summed E-state index contributed by atoms with van der Waals surface area (Å²) in [5.74, 6) is 0.335. The lowest BCUT2D eigenvalue weighted by Gasteiger charge is -2.19. The third-order valence-electron chi connectivity index (χ3n) is 2.10. The van der Waals surface area contributed by atoms with Gasteiger partial charge in [-0.2, -0.15) is 0 Å². The molecule has 0 unspecified atom stereocenters. The Kier molecular flexibility index (Phi) is 4.03. The first-order valence-corrected chi connectivity index (χ1v) is 4.89. The Balaban J connectivity index is 2.96. The number of anilines is 1. The van der Waals surface area contributed by atoms with Gasteiger partial charge in [0.15, 0.2) is 0 Å². The Hall–Kier alpha value is -1.65. The highest BCUT2D eigenvalue weighted by Gasteiger charge is 2.11. The van der Waals surface area contributed by atoms with Crippen molar-refractivity contribution in [3.05, 3.63) is 18.1 Å². The number of aromatic nitrogens is 2. The van der Waals surface area contributed by atoms with Crippen LogP contribution < -0.4 is 4.90 Å². The fraction of sp³-hybridized carbons (Fsp3) is 0.500. The highest BCUT2D eigenvalue weighted by atomic mass is 16.5. The average molecular weight is 209 g/mol. The molecule has 0 amide bonds. The van der Waals surface area contributed by atoms with Crippen LogP contribution in [0.1, 0.15) is 24.5 Å². The van der Waals surface area contributed by atoms with E-state index in [-0.39, 0.29) is 5.82 Å². The number of carbonyl (C=O) groups is 1. The van der Waals surface area contributed by atoms with Gasteiger partial charge in [-0.3, -0.25) is 0 Å². The maximum Gasteiger partial charge on any atom is 0.376 e. The Morgan fingerprint density at radius 2 is 2.13 bits per heavy atom. The zero-order valence-electron chi connectivity index (χ0n) is 9.23. The smallest absolute Gasteiger partial charge is 0.376 e. The molecule has 0 aliphatic rings. The first-order valence-electron chi connectivity index (χ1n) is 4.89. The van der Waals surface area contributed by atoms with Crippen molar-refractivity contribution in [2.24, 2.45) is 0 Å². The van der Waals surface area contributed by atoms with Gasteiger partial charge in [-0.25, -0.2) is 14.8 Å². The van der Waals surface area contributed by atoms with Gasteiger partial charge in [-0.15, -0.1) is 0 Å². The first kappa shape index (κ1) is 11.4. The fourth-order valence-electron chi connectivity index (χ4n) is 1.26. The maximum atomic E-state index is 11.2. The minimum atomic E-state index is -0.510. The molecule has 0 aliphatic heterocycles. The number of hydrogen-bond donors (Lipinski definition) is 0. The first-order chi connectivity index (χ1) is 7.22. The molecular formula is C10H15N3O2. The van der Waals surface area contributed by atoms with E-state index in [0.29, 0.717) is 0 Å². The molecule has 0 saturated heterocycles. The predicted octanol–water partition coefficient (Wildman–Crippen LogP) is 1.11. The van der Waals surface area contributed by atoms with Gasteiger partial charge in [-0.05, 0) is 19.9 Å². The van der Waals surface area contributed by atoms with E-state index in [1.165, 1.54) is 7.11 Å². The molecule has 0 N–H and O–H groups in total. The van der Waals surface area contributed by atoms with Crippen LogP contribution in [0.4, 0.5) is 5.82 Å². The minimum absolute atomic E-state index is 0.0990. The third kappa shape index (κ3) is 2.65. The summed E-state index contributed by atoms with van der Waals surface area (Å²) in [6, 6.07) is 1.78. The molecule has 1 aromatic heterocycles. The van der Waals surface area contributed by atoms with E-state index < -0.39 is 5.97 Å². The molecule has 0 aliphatic carbocycles. The number of hydrogen-bond acceptors (Lipinski definition) is 5. The molecule has 1 rings (SSSR count). The second kappa shape index (κ2) is 5.29. The van der Waals surface area contributed by atoms with E-state index >= 15 is 0 Å². The van der Waals surface area contributed by atoms with Gasteiger partial charge in [0, 0.05) is 19.3 Å². The van der Waals surface area contributed by atoms with Crippen LogP contribution in [-0.2, 0) is 4.74 Å². The lowest BCUT2D eigenvalue weighted by atomic mass is 10.4. The van der Waals surface area contributed by atoms with E-state index in [0.717, 1.165) is 18.9 Å². The van der Waals surface area contributed by atoms with Crippen molar-refractivity contribution in [2.75, 3.05) is 25.1 Å². The van der Waals surface area contributed by atoms with Gasteiger partial charge in [0.2, 0.25) is 5.82 Å². The molecule has 0 fully saturated rings. The van der Waals surface area contributed by atoms with E-state index in [1.54, 1.807) is 12.3 Å². The molecule has 0 radical (unpaired) electrons. The number of rotatable bonds is 4. The van der Waals surface area contributed by atoms with Gasteiger partial charge >= 0.3 is 5.97 Å². The van der Waals surface area contributed by atoms with Crippen LogP contribution in [0.3, 0.4) is 0 Å². The minimum Gasteiger partial charge on any atom is -0.463 e. The molecular weight excluding hydrogens is 194 g/mol. The van der Waals surface area contributed by atoms with Crippen molar-refractivity contribution < 1.29 is 9.53 Å². The summed E-state index contributed by atoms with van der Waals surface area (Å²) >= 11 is 0.